The van der Waals surface area contributed by atoms with Crippen LogP contribution in [0, 0.1) is 16.0 Å². The van der Waals surface area contributed by atoms with Crippen molar-refractivity contribution in [2.24, 2.45) is 11.0 Å². The molecule has 0 amide bonds. The van der Waals surface area contributed by atoms with Gasteiger partial charge in [0.05, 0.1) is 28.1 Å². The number of anilines is 1. The van der Waals surface area contributed by atoms with E-state index in [1.165, 1.54) is 13.0 Å². The lowest BCUT2D eigenvalue weighted by Crippen LogP contribution is -2.30. The molecule has 1 heterocycles. The molecule has 6 heteroatoms. The molecule has 6 nitrogen and oxygen atoms in total. The minimum Gasteiger partial charge on any atom is -0.299 e. The quantitative estimate of drug-likeness (QED) is 0.634. The number of hydrogen-bond donors (Lipinski definition) is 0. The molecule has 3 rings (SSSR count). The highest BCUT2D eigenvalue weighted by Gasteiger charge is 2.42. The lowest BCUT2D eigenvalue weighted by atomic mass is 9.86. The van der Waals surface area contributed by atoms with E-state index in [4.69, 9.17) is 0 Å². The molecule has 122 valence electrons. The number of hydrogen-bond acceptors (Lipinski definition) is 5. The second-order valence-electron chi connectivity index (χ2n) is 5.77. The van der Waals surface area contributed by atoms with E-state index in [2.05, 4.69) is 5.10 Å². The first kappa shape index (κ1) is 15.9. The molecule has 0 aliphatic carbocycles. The molecule has 2 aromatic carbocycles. The molecular weight excluding hydrogens is 306 g/mol. The summed E-state index contributed by atoms with van der Waals surface area (Å²) in [5, 5.41) is 17.7. The van der Waals surface area contributed by atoms with Crippen molar-refractivity contribution in [2.75, 3.05) is 5.01 Å². The van der Waals surface area contributed by atoms with Crippen LogP contribution in [-0.4, -0.2) is 16.4 Å². The molecule has 0 N–H and O–H groups in total. The van der Waals surface area contributed by atoms with Crippen molar-refractivity contribution in [1.29, 1.82) is 0 Å². The Bertz CT molecular complexity index is 817. The molecular formula is C18H17N3O3. The molecule has 2 atom stereocenters. The lowest BCUT2D eigenvalue weighted by molar-refractivity contribution is -0.385. The van der Waals surface area contributed by atoms with Gasteiger partial charge in [0.15, 0.2) is 0 Å². The van der Waals surface area contributed by atoms with Gasteiger partial charge in [-0.3, -0.25) is 19.9 Å². The number of ketones is 1. The van der Waals surface area contributed by atoms with E-state index in [1.807, 2.05) is 30.3 Å². The Hall–Kier alpha value is -3.02. The highest BCUT2D eigenvalue weighted by Crippen LogP contribution is 2.42. The summed E-state index contributed by atoms with van der Waals surface area (Å²) in [6.45, 7) is 3.29. The lowest BCUT2D eigenvalue weighted by Gasteiger charge is -2.27. The van der Waals surface area contributed by atoms with Gasteiger partial charge >= 0.3 is 0 Å². The van der Waals surface area contributed by atoms with E-state index >= 15 is 0 Å². The van der Waals surface area contributed by atoms with Crippen LogP contribution in [0.4, 0.5) is 11.4 Å². The van der Waals surface area contributed by atoms with E-state index in [-0.39, 0.29) is 11.5 Å². The average molecular weight is 323 g/mol. The summed E-state index contributed by atoms with van der Waals surface area (Å²) in [6.07, 6.45) is 0. The highest BCUT2D eigenvalue weighted by molar-refractivity contribution is 6.06. The zero-order valence-electron chi connectivity index (χ0n) is 13.4. The van der Waals surface area contributed by atoms with E-state index < -0.39 is 16.9 Å². The molecule has 2 aromatic rings. The number of nitrogens with zero attached hydrogens (tertiary/aromatic N) is 3. The van der Waals surface area contributed by atoms with E-state index in [1.54, 1.807) is 30.1 Å². The Balaban J connectivity index is 2.17. The molecule has 24 heavy (non-hydrogen) atoms. The Morgan fingerprint density at radius 3 is 2.38 bits per heavy atom. The third kappa shape index (κ3) is 2.67. The molecule has 0 radical (unpaired) electrons. The fraction of sp³-hybridized carbons (Fsp3) is 0.222. The van der Waals surface area contributed by atoms with Crippen LogP contribution in [0.5, 0.6) is 0 Å². The summed E-state index contributed by atoms with van der Waals surface area (Å²) in [7, 11) is 0. The van der Waals surface area contributed by atoms with Gasteiger partial charge in [0.1, 0.15) is 5.78 Å². The first-order valence-corrected chi connectivity index (χ1v) is 7.64. The number of rotatable bonds is 4. The topological polar surface area (TPSA) is 75.8 Å². The molecule has 0 aromatic heterocycles. The molecule has 0 unspecified atom stereocenters. The minimum atomic E-state index is -0.522. The number of carbonyl (C=O) groups excluding carboxylic acids is 1. The van der Waals surface area contributed by atoms with E-state index in [0.29, 0.717) is 11.3 Å². The van der Waals surface area contributed by atoms with Gasteiger partial charge in [-0.05, 0) is 32.0 Å². The third-order valence-corrected chi connectivity index (χ3v) is 4.21. The zero-order valence-corrected chi connectivity index (χ0v) is 13.4. The predicted molar refractivity (Wildman–Crippen MR) is 92.0 cm³/mol. The van der Waals surface area contributed by atoms with Crippen molar-refractivity contribution in [3.8, 4) is 0 Å². The molecule has 0 bridgehead atoms. The SMILES string of the molecule is CC(=O)[C@H]1C(C)=NN(c2ccccc2)[C@@H]1c1ccccc1[N+](=O)[O-]. The first-order chi connectivity index (χ1) is 11.5. The maximum Gasteiger partial charge on any atom is 0.274 e. The molecule has 1 aliphatic rings. The van der Waals surface area contributed by atoms with Crippen molar-refractivity contribution in [3.05, 3.63) is 70.3 Å². The number of nitro groups is 1. The Labute approximate surface area is 139 Å². The molecule has 0 fully saturated rings. The van der Waals surface area contributed by atoms with E-state index in [9.17, 15) is 14.9 Å². The monoisotopic (exact) mass is 323 g/mol. The second-order valence-corrected chi connectivity index (χ2v) is 5.77. The van der Waals surface area contributed by atoms with Crippen molar-refractivity contribution in [2.45, 2.75) is 19.9 Å². The van der Waals surface area contributed by atoms with E-state index in [0.717, 1.165) is 5.69 Å². The average Bonchev–Trinajstić information content (AvgIpc) is 2.93. The van der Waals surface area contributed by atoms with Crippen LogP contribution in [0.25, 0.3) is 0 Å². The normalized spacial score (nSPS) is 19.9. The van der Waals surface area contributed by atoms with Crippen LogP contribution in [0.1, 0.15) is 25.5 Å². The van der Waals surface area contributed by atoms with Crippen molar-refractivity contribution in [1.82, 2.24) is 0 Å². The number of Topliss-reactive ketones (excluding diaryl/α,β-unsaturated/α-hetero) is 1. The fourth-order valence-corrected chi connectivity index (χ4v) is 3.19. The van der Waals surface area contributed by atoms with Crippen LogP contribution in [0.3, 0.4) is 0 Å². The van der Waals surface area contributed by atoms with Crippen LogP contribution in [-0.2, 0) is 4.79 Å². The summed E-state index contributed by atoms with van der Waals surface area (Å²) in [4.78, 5) is 23.3. The van der Waals surface area contributed by atoms with Crippen LogP contribution in [0.2, 0.25) is 0 Å². The largest absolute Gasteiger partial charge is 0.299 e. The molecule has 1 aliphatic heterocycles. The first-order valence-electron chi connectivity index (χ1n) is 7.64. The summed E-state index contributed by atoms with van der Waals surface area (Å²) in [5.41, 5.74) is 1.95. The maximum absolute atomic E-state index is 12.2. The van der Waals surface area contributed by atoms with Gasteiger partial charge in [0.2, 0.25) is 0 Å². The van der Waals surface area contributed by atoms with Crippen molar-refractivity contribution in [3.63, 3.8) is 0 Å². The second kappa shape index (κ2) is 6.23. The van der Waals surface area contributed by atoms with Crippen LogP contribution in [0.15, 0.2) is 59.7 Å². The molecule has 0 spiro atoms. The van der Waals surface area contributed by atoms with Gasteiger partial charge in [-0.15, -0.1) is 0 Å². The third-order valence-electron chi connectivity index (χ3n) is 4.21. The van der Waals surface area contributed by atoms with Gasteiger partial charge < -0.3 is 0 Å². The van der Waals surface area contributed by atoms with Gasteiger partial charge in [0, 0.05) is 11.8 Å². The molecule has 0 saturated carbocycles. The van der Waals surface area contributed by atoms with Crippen LogP contribution >= 0.6 is 0 Å². The van der Waals surface area contributed by atoms with Gasteiger partial charge in [-0.25, -0.2) is 0 Å². The number of hydrazone groups is 1. The Morgan fingerprint density at radius 1 is 1.12 bits per heavy atom. The smallest absolute Gasteiger partial charge is 0.274 e. The number of carbonyl (C=O) groups is 1. The Kier molecular flexibility index (Phi) is 4.12. The highest BCUT2D eigenvalue weighted by atomic mass is 16.6. The standard InChI is InChI=1S/C18H17N3O3/c1-12-17(13(2)22)18(15-10-6-7-11-16(15)21(23)24)20(19-12)14-8-4-3-5-9-14/h3-11,17-18H,1-2H3/t17-,18-/m1/s1. The number of para-hydroxylation sites is 2. The van der Waals surface area contributed by atoms with Crippen molar-refractivity contribution >= 4 is 22.9 Å². The number of nitro benzene ring substituents is 1. The summed E-state index contributed by atoms with van der Waals surface area (Å²) < 4.78 is 0. The van der Waals surface area contributed by atoms with Crippen LogP contribution < -0.4 is 5.01 Å². The fourth-order valence-electron chi connectivity index (χ4n) is 3.19. The summed E-state index contributed by atoms with van der Waals surface area (Å²) >= 11 is 0. The predicted octanol–water partition coefficient (Wildman–Crippen LogP) is 3.74. The summed E-state index contributed by atoms with van der Waals surface area (Å²) in [5.74, 6) is -0.566. The Morgan fingerprint density at radius 2 is 1.75 bits per heavy atom. The minimum absolute atomic E-state index is 0.000388. The van der Waals surface area contributed by atoms with Gasteiger partial charge in [-0.1, -0.05) is 30.3 Å². The zero-order chi connectivity index (χ0) is 17.3. The maximum atomic E-state index is 12.2. The van der Waals surface area contributed by atoms with Crippen molar-refractivity contribution < 1.29 is 9.72 Å². The number of benzene rings is 2. The molecule has 0 saturated heterocycles. The van der Waals surface area contributed by atoms with Gasteiger partial charge in [0.25, 0.3) is 5.69 Å². The summed E-state index contributed by atoms with van der Waals surface area (Å²) in [6, 6.07) is 15.4. The van der Waals surface area contributed by atoms with Gasteiger partial charge in [-0.2, -0.15) is 5.10 Å².